The van der Waals surface area contributed by atoms with Gasteiger partial charge in [-0.2, -0.15) is 0 Å². The van der Waals surface area contributed by atoms with Gasteiger partial charge in [0, 0.05) is 11.3 Å². The number of rotatable bonds is 5. The minimum atomic E-state index is -0.0698. The van der Waals surface area contributed by atoms with Crippen LogP contribution in [0.1, 0.15) is 37.2 Å². The smallest absolute Gasteiger partial charge is 0.227 e. The number of carbonyl (C=O) groups is 2. The van der Waals surface area contributed by atoms with Gasteiger partial charge in [0.15, 0.2) is 12.0 Å². The number of fused-ring (bicyclic) bond motifs is 1. The molecule has 0 saturated carbocycles. The summed E-state index contributed by atoms with van der Waals surface area (Å²) in [6.45, 7) is 3.95. The number of hydrogen-bond donors (Lipinski definition) is 1. The highest BCUT2D eigenvalue weighted by Gasteiger charge is 2.19. The molecule has 0 aliphatic rings. The maximum Gasteiger partial charge on any atom is 0.227 e. The lowest BCUT2D eigenvalue weighted by molar-refractivity contribution is -0.120. The highest BCUT2D eigenvalue weighted by atomic mass is 16.3. The Balaban J connectivity index is 2.38. The van der Waals surface area contributed by atoms with Gasteiger partial charge in [0.05, 0.1) is 5.69 Å². The Morgan fingerprint density at radius 2 is 2.00 bits per heavy atom. The molecule has 4 nitrogen and oxygen atoms in total. The Labute approximate surface area is 111 Å². The van der Waals surface area contributed by atoms with Gasteiger partial charge >= 0.3 is 0 Å². The van der Waals surface area contributed by atoms with Gasteiger partial charge < -0.3 is 9.73 Å². The van der Waals surface area contributed by atoms with Crippen LogP contribution in [0.25, 0.3) is 11.0 Å². The van der Waals surface area contributed by atoms with E-state index in [0.29, 0.717) is 17.6 Å². The minimum absolute atomic E-state index is 0.0480. The number of nitrogens with one attached hydrogen (secondary N) is 1. The van der Waals surface area contributed by atoms with Gasteiger partial charge in [-0.3, -0.25) is 9.59 Å². The monoisotopic (exact) mass is 259 g/mol. The molecule has 0 atom stereocenters. The maximum absolute atomic E-state index is 12.1. The predicted molar refractivity (Wildman–Crippen MR) is 74.3 cm³/mol. The standard InChI is InChI=1S/C15H17NO3/c1-3-10(4-2)15(18)16-14-11-7-5-6-8-12(11)19-13(14)9-17/h5-10H,3-4H2,1-2H3,(H,16,18). The van der Waals surface area contributed by atoms with E-state index in [0.717, 1.165) is 18.2 Å². The van der Waals surface area contributed by atoms with Crippen LogP contribution in [0.4, 0.5) is 5.69 Å². The van der Waals surface area contributed by atoms with E-state index in [2.05, 4.69) is 5.32 Å². The zero-order chi connectivity index (χ0) is 13.8. The van der Waals surface area contributed by atoms with Crippen molar-refractivity contribution in [2.24, 2.45) is 5.92 Å². The van der Waals surface area contributed by atoms with Gasteiger partial charge in [-0.1, -0.05) is 26.0 Å². The largest absolute Gasteiger partial charge is 0.451 e. The van der Waals surface area contributed by atoms with Crippen LogP contribution >= 0.6 is 0 Å². The molecule has 0 bridgehead atoms. The lowest BCUT2D eigenvalue weighted by Gasteiger charge is -2.12. The molecule has 4 heteroatoms. The number of hydrogen-bond acceptors (Lipinski definition) is 3. The van der Waals surface area contributed by atoms with Crippen LogP contribution in [0.5, 0.6) is 0 Å². The van der Waals surface area contributed by atoms with Crippen molar-refractivity contribution in [3.05, 3.63) is 30.0 Å². The molecule has 1 N–H and O–H groups in total. The molecule has 0 aliphatic heterocycles. The van der Waals surface area contributed by atoms with Crippen molar-refractivity contribution < 1.29 is 14.0 Å². The molecular formula is C15H17NO3. The number of furan rings is 1. The van der Waals surface area contributed by atoms with Gasteiger partial charge in [-0.25, -0.2) is 0 Å². The third-order valence-corrected chi connectivity index (χ3v) is 3.33. The number of benzene rings is 1. The SMILES string of the molecule is CCC(CC)C(=O)Nc1c(C=O)oc2ccccc12. The average molecular weight is 259 g/mol. The van der Waals surface area contributed by atoms with Crippen molar-refractivity contribution in [1.82, 2.24) is 0 Å². The molecule has 0 unspecified atom stereocenters. The van der Waals surface area contributed by atoms with Gasteiger partial charge in [-0.05, 0) is 25.0 Å². The summed E-state index contributed by atoms with van der Waals surface area (Å²) in [6, 6.07) is 7.27. The topological polar surface area (TPSA) is 59.3 Å². The fourth-order valence-electron chi connectivity index (χ4n) is 2.16. The van der Waals surface area contributed by atoms with Crippen LogP contribution in [-0.2, 0) is 4.79 Å². The Kier molecular flexibility index (Phi) is 4.00. The summed E-state index contributed by atoms with van der Waals surface area (Å²) in [7, 11) is 0. The first-order valence-corrected chi connectivity index (χ1v) is 6.48. The van der Waals surface area contributed by atoms with Crippen molar-refractivity contribution >= 4 is 28.8 Å². The third kappa shape index (κ3) is 2.52. The van der Waals surface area contributed by atoms with Crippen molar-refractivity contribution in [2.75, 3.05) is 5.32 Å². The molecule has 1 amide bonds. The first kappa shape index (κ1) is 13.3. The summed E-state index contributed by atoms with van der Waals surface area (Å²) < 4.78 is 5.41. The second kappa shape index (κ2) is 5.69. The van der Waals surface area contributed by atoms with Crippen LogP contribution in [0, 0.1) is 5.92 Å². The number of anilines is 1. The molecule has 2 rings (SSSR count). The normalized spacial score (nSPS) is 10.9. The quantitative estimate of drug-likeness (QED) is 0.834. The summed E-state index contributed by atoms with van der Waals surface area (Å²) in [5.41, 5.74) is 1.08. The summed E-state index contributed by atoms with van der Waals surface area (Å²) in [4.78, 5) is 23.2. The number of aldehydes is 1. The first-order chi connectivity index (χ1) is 9.21. The molecular weight excluding hydrogens is 242 g/mol. The summed E-state index contributed by atoms with van der Waals surface area (Å²) in [6.07, 6.45) is 2.17. The molecule has 0 radical (unpaired) electrons. The highest BCUT2D eigenvalue weighted by molar-refractivity contribution is 6.07. The summed E-state index contributed by atoms with van der Waals surface area (Å²) >= 11 is 0. The van der Waals surface area contributed by atoms with E-state index < -0.39 is 0 Å². The summed E-state index contributed by atoms with van der Waals surface area (Å²) in [5, 5.41) is 3.58. The zero-order valence-corrected chi connectivity index (χ0v) is 11.1. The van der Waals surface area contributed by atoms with Gasteiger partial charge in [-0.15, -0.1) is 0 Å². The molecule has 1 aromatic carbocycles. The Morgan fingerprint density at radius 3 is 2.63 bits per heavy atom. The van der Waals surface area contributed by atoms with E-state index in [9.17, 15) is 9.59 Å². The third-order valence-electron chi connectivity index (χ3n) is 3.33. The lowest BCUT2D eigenvalue weighted by Crippen LogP contribution is -2.22. The molecule has 0 aliphatic carbocycles. The van der Waals surface area contributed by atoms with Crippen LogP contribution < -0.4 is 5.32 Å². The molecule has 0 spiro atoms. The lowest BCUT2D eigenvalue weighted by atomic mass is 10.0. The van der Waals surface area contributed by atoms with E-state index in [1.165, 1.54) is 0 Å². The van der Waals surface area contributed by atoms with Crippen molar-refractivity contribution in [1.29, 1.82) is 0 Å². The van der Waals surface area contributed by atoms with E-state index in [1.54, 1.807) is 6.07 Å². The fraction of sp³-hybridized carbons (Fsp3) is 0.333. The number of amides is 1. The Bertz CT molecular complexity index is 596. The Morgan fingerprint density at radius 1 is 1.32 bits per heavy atom. The van der Waals surface area contributed by atoms with E-state index >= 15 is 0 Å². The summed E-state index contributed by atoms with van der Waals surface area (Å²) in [5.74, 6) is 0.0494. The van der Waals surface area contributed by atoms with Crippen LogP contribution in [0.2, 0.25) is 0 Å². The maximum atomic E-state index is 12.1. The van der Waals surface area contributed by atoms with Gasteiger partial charge in [0.2, 0.25) is 5.91 Å². The first-order valence-electron chi connectivity index (χ1n) is 6.48. The second-order valence-corrected chi connectivity index (χ2v) is 4.46. The minimum Gasteiger partial charge on any atom is -0.451 e. The second-order valence-electron chi connectivity index (χ2n) is 4.46. The van der Waals surface area contributed by atoms with Crippen molar-refractivity contribution in [3.8, 4) is 0 Å². The molecule has 19 heavy (non-hydrogen) atoms. The molecule has 1 aromatic heterocycles. The highest BCUT2D eigenvalue weighted by Crippen LogP contribution is 2.30. The molecule has 2 aromatic rings. The molecule has 1 heterocycles. The molecule has 0 saturated heterocycles. The zero-order valence-electron chi connectivity index (χ0n) is 11.1. The van der Waals surface area contributed by atoms with Crippen LogP contribution in [0.3, 0.4) is 0 Å². The van der Waals surface area contributed by atoms with Gasteiger partial charge in [0.1, 0.15) is 5.58 Å². The van der Waals surface area contributed by atoms with Crippen LogP contribution in [0.15, 0.2) is 28.7 Å². The fourth-order valence-corrected chi connectivity index (χ4v) is 2.16. The molecule has 100 valence electrons. The van der Waals surface area contributed by atoms with Gasteiger partial charge in [0.25, 0.3) is 0 Å². The number of para-hydroxylation sites is 1. The average Bonchev–Trinajstić information content (AvgIpc) is 2.78. The van der Waals surface area contributed by atoms with E-state index in [-0.39, 0.29) is 17.6 Å². The predicted octanol–water partition coefficient (Wildman–Crippen LogP) is 3.62. The molecule has 0 fully saturated rings. The Hall–Kier alpha value is -2.10. The number of carbonyl (C=O) groups excluding carboxylic acids is 2. The van der Waals surface area contributed by atoms with Crippen LogP contribution in [-0.4, -0.2) is 12.2 Å². The van der Waals surface area contributed by atoms with E-state index in [1.807, 2.05) is 32.0 Å². The van der Waals surface area contributed by atoms with Crippen molar-refractivity contribution in [3.63, 3.8) is 0 Å². The van der Waals surface area contributed by atoms with E-state index in [4.69, 9.17) is 4.42 Å². The van der Waals surface area contributed by atoms with Crippen molar-refractivity contribution in [2.45, 2.75) is 26.7 Å².